The molecule has 0 N–H and O–H groups in total. The molecule has 3 aromatic heterocycles. The lowest BCUT2D eigenvalue weighted by atomic mass is 10.2. The van der Waals surface area contributed by atoms with E-state index in [1.807, 2.05) is 26.8 Å². The molecule has 0 saturated heterocycles. The molecule has 7 nitrogen and oxygen atoms in total. The first kappa shape index (κ1) is 18.9. The fourth-order valence-electron chi connectivity index (χ4n) is 2.58. The van der Waals surface area contributed by atoms with Crippen molar-refractivity contribution in [1.82, 2.24) is 29.8 Å². The highest BCUT2D eigenvalue weighted by atomic mass is 32.2. The summed E-state index contributed by atoms with van der Waals surface area (Å²) in [6.45, 7) is 5.86. The lowest BCUT2D eigenvalue weighted by molar-refractivity contribution is 0.415. The molecule has 0 aliphatic rings. The molecule has 0 spiro atoms. The molecule has 0 fully saturated rings. The predicted octanol–water partition coefficient (Wildman–Crippen LogP) is 4.41. The first-order valence-electron chi connectivity index (χ1n) is 8.56. The van der Waals surface area contributed by atoms with Gasteiger partial charge in [-0.15, -0.1) is 15.3 Å². The molecule has 1 atom stereocenters. The van der Waals surface area contributed by atoms with Crippen molar-refractivity contribution < 1.29 is 8.81 Å². The second-order valence-corrected chi connectivity index (χ2v) is 8.46. The number of thioether (sulfide) groups is 2. The van der Waals surface area contributed by atoms with Crippen LogP contribution in [0.2, 0.25) is 0 Å². The van der Waals surface area contributed by atoms with Crippen LogP contribution in [0.25, 0.3) is 5.78 Å². The lowest BCUT2D eigenvalue weighted by Crippen LogP contribution is -1.97. The van der Waals surface area contributed by atoms with Crippen LogP contribution in [-0.4, -0.2) is 29.8 Å². The van der Waals surface area contributed by atoms with Gasteiger partial charge in [0.25, 0.3) is 11.0 Å². The second-order valence-electron chi connectivity index (χ2n) is 6.23. The number of aromatic nitrogens is 6. The molecule has 0 bridgehead atoms. The van der Waals surface area contributed by atoms with E-state index < -0.39 is 0 Å². The SMILES string of the molecule is Cc1cc(C)n2nc(SC(C)c3nnc(SCc4ccc(F)cc4)o3)nc2n1. The van der Waals surface area contributed by atoms with Crippen molar-refractivity contribution in [3.63, 3.8) is 0 Å². The van der Waals surface area contributed by atoms with Gasteiger partial charge in [-0.1, -0.05) is 35.7 Å². The number of hydrogen-bond acceptors (Lipinski definition) is 8. The standard InChI is InChI=1S/C18H17FN6OS2/c1-10-8-11(2)25-16(20-10)21-17(24-25)28-12(3)15-22-23-18(26-15)27-9-13-4-6-14(19)7-5-13/h4-8,12H,9H2,1-3H3. The quantitative estimate of drug-likeness (QED) is 0.428. The average Bonchev–Trinajstić information content (AvgIpc) is 3.28. The highest BCUT2D eigenvalue weighted by Crippen LogP contribution is 2.34. The summed E-state index contributed by atoms with van der Waals surface area (Å²) >= 11 is 2.85. The van der Waals surface area contributed by atoms with E-state index in [-0.39, 0.29) is 11.1 Å². The van der Waals surface area contributed by atoms with Gasteiger partial charge in [-0.05, 0) is 44.5 Å². The summed E-state index contributed by atoms with van der Waals surface area (Å²) in [7, 11) is 0. The molecule has 0 radical (unpaired) electrons. The van der Waals surface area contributed by atoms with Gasteiger partial charge in [0.15, 0.2) is 0 Å². The minimum Gasteiger partial charge on any atom is -0.415 e. The monoisotopic (exact) mass is 416 g/mol. The van der Waals surface area contributed by atoms with Crippen LogP contribution in [0, 0.1) is 19.7 Å². The summed E-state index contributed by atoms with van der Waals surface area (Å²) in [5, 5.41) is 13.7. The van der Waals surface area contributed by atoms with E-state index in [9.17, 15) is 4.39 Å². The Labute approximate surface area is 169 Å². The Balaban J connectivity index is 1.42. The molecule has 144 valence electrons. The fourth-order valence-corrected chi connectivity index (χ4v) is 4.08. The minimum atomic E-state index is -0.249. The molecular formula is C18H17FN6OS2. The number of benzene rings is 1. The first-order chi connectivity index (χ1) is 13.5. The normalized spacial score (nSPS) is 12.6. The molecule has 3 heterocycles. The number of nitrogens with zero attached hydrogens (tertiary/aromatic N) is 6. The zero-order chi connectivity index (χ0) is 19.7. The maximum Gasteiger partial charge on any atom is 0.276 e. The van der Waals surface area contributed by atoms with Crippen molar-refractivity contribution in [2.75, 3.05) is 0 Å². The molecule has 0 aliphatic carbocycles. The molecule has 10 heteroatoms. The van der Waals surface area contributed by atoms with Gasteiger partial charge in [0.1, 0.15) is 5.82 Å². The van der Waals surface area contributed by atoms with Gasteiger partial charge in [-0.2, -0.15) is 4.98 Å². The van der Waals surface area contributed by atoms with Gasteiger partial charge in [-0.25, -0.2) is 13.9 Å². The third-order valence-electron chi connectivity index (χ3n) is 3.93. The van der Waals surface area contributed by atoms with Crippen LogP contribution >= 0.6 is 23.5 Å². The van der Waals surface area contributed by atoms with E-state index in [1.165, 1.54) is 35.7 Å². The number of fused-ring (bicyclic) bond motifs is 1. The van der Waals surface area contributed by atoms with Crippen LogP contribution in [-0.2, 0) is 5.75 Å². The second kappa shape index (κ2) is 7.88. The minimum absolute atomic E-state index is 0.105. The lowest BCUT2D eigenvalue weighted by Gasteiger charge is -2.02. The van der Waals surface area contributed by atoms with E-state index in [0.717, 1.165) is 17.0 Å². The van der Waals surface area contributed by atoms with Crippen molar-refractivity contribution in [2.24, 2.45) is 0 Å². The van der Waals surface area contributed by atoms with Crippen molar-refractivity contribution >= 4 is 29.3 Å². The molecule has 0 amide bonds. The maximum atomic E-state index is 13.0. The fraction of sp³-hybridized carbons (Fsp3) is 0.278. The van der Waals surface area contributed by atoms with E-state index in [1.54, 1.807) is 16.6 Å². The Morgan fingerprint density at radius 3 is 2.71 bits per heavy atom. The maximum absolute atomic E-state index is 13.0. The molecular weight excluding hydrogens is 399 g/mol. The molecule has 1 aromatic carbocycles. The Kier molecular flexibility index (Phi) is 5.31. The third kappa shape index (κ3) is 4.17. The predicted molar refractivity (Wildman–Crippen MR) is 105 cm³/mol. The summed E-state index contributed by atoms with van der Waals surface area (Å²) in [5.74, 6) is 1.46. The van der Waals surface area contributed by atoms with Crippen LogP contribution in [0.4, 0.5) is 4.39 Å². The number of rotatable bonds is 6. The molecule has 4 rings (SSSR count). The van der Waals surface area contributed by atoms with Crippen LogP contribution in [0.3, 0.4) is 0 Å². The van der Waals surface area contributed by atoms with Gasteiger partial charge in [0.2, 0.25) is 11.0 Å². The molecule has 28 heavy (non-hydrogen) atoms. The van der Waals surface area contributed by atoms with Gasteiger partial charge in [0.05, 0.1) is 5.25 Å². The molecule has 0 aliphatic heterocycles. The molecule has 0 saturated carbocycles. The molecule has 4 aromatic rings. The van der Waals surface area contributed by atoms with E-state index in [4.69, 9.17) is 4.42 Å². The van der Waals surface area contributed by atoms with Crippen molar-refractivity contribution in [3.05, 3.63) is 59.0 Å². The first-order valence-corrected chi connectivity index (χ1v) is 10.4. The van der Waals surface area contributed by atoms with Gasteiger partial charge < -0.3 is 4.42 Å². The zero-order valence-electron chi connectivity index (χ0n) is 15.5. The molecule has 1 unspecified atom stereocenters. The Morgan fingerprint density at radius 2 is 1.93 bits per heavy atom. The average molecular weight is 417 g/mol. The number of hydrogen-bond donors (Lipinski definition) is 0. The van der Waals surface area contributed by atoms with Crippen molar-refractivity contribution in [1.29, 1.82) is 0 Å². The zero-order valence-corrected chi connectivity index (χ0v) is 17.1. The summed E-state index contributed by atoms with van der Waals surface area (Å²) in [6, 6.07) is 8.32. The smallest absolute Gasteiger partial charge is 0.276 e. The van der Waals surface area contributed by atoms with Crippen LogP contribution < -0.4 is 0 Å². The van der Waals surface area contributed by atoms with Gasteiger partial charge in [-0.3, -0.25) is 0 Å². The number of halogens is 1. The Bertz CT molecular complexity index is 1110. The topological polar surface area (TPSA) is 82.0 Å². The van der Waals surface area contributed by atoms with Crippen molar-refractivity contribution in [2.45, 2.75) is 42.2 Å². The van der Waals surface area contributed by atoms with E-state index in [0.29, 0.717) is 27.8 Å². The van der Waals surface area contributed by atoms with Gasteiger partial charge in [0, 0.05) is 17.1 Å². The van der Waals surface area contributed by atoms with Crippen LogP contribution in [0.1, 0.15) is 35.0 Å². The highest BCUT2D eigenvalue weighted by Gasteiger charge is 2.19. The highest BCUT2D eigenvalue weighted by molar-refractivity contribution is 7.99. The van der Waals surface area contributed by atoms with Crippen molar-refractivity contribution in [3.8, 4) is 0 Å². The Morgan fingerprint density at radius 1 is 1.14 bits per heavy atom. The van der Waals surface area contributed by atoms with Crippen LogP contribution in [0.15, 0.2) is 45.1 Å². The third-order valence-corrected chi connectivity index (χ3v) is 5.76. The largest absolute Gasteiger partial charge is 0.415 e. The number of aryl methyl sites for hydroxylation is 2. The van der Waals surface area contributed by atoms with E-state index >= 15 is 0 Å². The van der Waals surface area contributed by atoms with E-state index in [2.05, 4.69) is 25.3 Å². The Hall–Kier alpha value is -2.46. The summed E-state index contributed by atoms with van der Waals surface area (Å²) < 4.78 is 20.4. The van der Waals surface area contributed by atoms with Gasteiger partial charge >= 0.3 is 0 Å². The summed E-state index contributed by atoms with van der Waals surface area (Å²) in [5.41, 5.74) is 2.87. The summed E-state index contributed by atoms with van der Waals surface area (Å²) in [6.07, 6.45) is 0. The van der Waals surface area contributed by atoms with Crippen LogP contribution in [0.5, 0.6) is 0 Å². The summed E-state index contributed by atoms with van der Waals surface area (Å²) in [4.78, 5) is 8.87.